The van der Waals surface area contributed by atoms with E-state index in [0.29, 0.717) is 19.5 Å². The van der Waals surface area contributed by atoms with Crippen LogP contribution in [0.4, 0.5) is 4.39 Å². The Morgan fingerprint density at radius 3 is 2.86 bits per heavy atom. The summed E-state index contributed by atoms with van der Waals surface area (Å²) in [6.45, 7) is 0.843. The molecule has 1 unspecified atom stereocenters. The van der Waals surface area contributed by atoms with E-state index < -0.39 is 6.10 Å². The lowest BCUT2D eigenvalue weighted by Gasteiger charge is -2.25. The van der Waals surface area contributed by atoms with Gasteiger partial charge in [-0.2, -0.15) is 0 Å². The Morgan fingerprint density at radius 1 is 1.50 bits per heavy atom. The van der Waals surface area contributed by atoms with Gasteiger partial charge in [-0.15, -0.1) is 0 Å². The number of halogens is 1. The Hall–Kier alpha value is -1.50. The standard InChI is InChI=1S/C16H24FN3O2/c1-20(2)14(11-4-3-5-12(17)8-11)10-19-16(21)15-7-6-13(9-18)22-15/h3-5,8,13-15H,6-7,9-10,18H2,1-2H3,(H,19,21)/t13-,14?,15+/m1/s1. The average molecular weight is 309 g/mol. The van der Waals surface area contributed by atoms with Crippen molar-refractivity contribution in [2.75, 3.05) is 27.2 Å². The molecule has 1 aromatic rings. The summed E-state index contributed by atoms with van der Waals surface area (Å²) in [7, 11) is 3.80. The second kappa shape index (κ2) is 7.67. The smallest absolute Gasteiger partial charge is 0.249 e. The first-order valence-electron chi connectivity index (χ1n) is 7.56. The molecule has 3 N–H and O–H groups in total. The number of likely N-dealkylation sites (N-methyl/N-ethyl adjacent to an activating group) is 1. The van der Waals surface area contributed by atoms with Gasteiger partial charge in [0.1, 0.15) is 11.9 Å². The summed E-state index contributed by atoms with van der Waals surface area (Å²) in [5, 5.41) is 2.90. The van der Waals surface area contributed by atoms with Crippen molar-refractivity contribution in [2.45, 2.75) is 31.1 Å². The molecule has 5 nitrogen and oxygen atoms in total. The molecule has 0 aromatic heterocycles. The summed E-state index contributed by atoms with van der Waals surface area (Å²) in [4.78, 5) is 14.1. The number of nitrogens with one attached hydrogen (secondary N) is 1. The third kappa shape index (κ3) is 4.25. The van der Waals surface area contributed by atoms with Crippen molar-refractivity contribution in [3.63, 3.8) is 0 Å². The maximum absolute atomic E-state index is 13.4. The molecule has 0 spiro atoms. The van der Waals surface area contributed by atoms with Gasteiger partial charge in [0.05, 0.1) is 12.1 Å². The Balaban J connectivity index is 1.94. The molecule has 0 saturated carbocycles. The predicted octanol–water partition coefficient (Wildman–Crippen LogP) is 1.05. The first kappa shape index (κ1) is 16.9. The van der Waals surface area contributed by atoms with Crippen molar-refractivity contribution in [1.82, 2.24) is 10.2 Å². The van der Waals surface area contributed by atoms with Crippen LogP contribution in [-0.4, -0.2) is 50.2 Å². The Labute approximate surface area is 130 Å². The van der Waals surface area contributed by atoms with E-state index in [-0.39, 0.29) is 23.9 Å². The van der Waals surface area contributed by atoms with E-state index in [0.717, 1.165) is 12.0 Å². The topological polar surface area (TPSA) is 67.6 Å². The van der Waals surface area contributed by atoms with E-state index in [4.69, 9.17) is 10.5 Å². The van der Waals surface area contributed by atoms with E-state index >= 15 is 0 Å². The molecule has 1 aliphatic heterocycles. The SMILES string of the molecule is CN(C)C(CNC(=O)[C@@H]1CC[C@H](CN)O1)c1cccc(F)c1. The fraction of sp³-hybridized carbons (Fsp3) is 0.562. The summed E-state index contributed by atoms with van der Waals surface area (Å²) in [6.07, 6.45) is 1.06. The molecule has 0 bridgehead atoms. The number of benzene rings is 1. The van der Waals surface area contributed by atoms with Crippen LogP contribution in [-0.2, 0) is 9.53 Å². The molecule has 1 heterocycles. The predicted molar refractivity (Wildman–Crippen MR) is 82.8 cm³/mol. The molecule has 0 aliphatic carbocycles. The molecule has 3 atom stereocenters. The Morgan fingerprint density at radius 2 is 2.27 bits per heavy atom. The van der Waals surface area contributed by atoms with Crippen LogP contribution in [0.5, 0.6) is 0 Å². The molecule has 6 heteroatoms. The van der Waals surface area contributed by atoms with Crippen molar-refractivity contribution in [2.24, 2.45) is 5.73 Å². The van der Waals surface area contributed by atoms with E-state index in [1.807, 2.05) is 25.1 Å². The normalized spacial score (nSPS) is 22.8. The van der Waals surface area contributed by atoms with Gasteiger partial charge in [-0.1, -0.05) is 12.1 Å². The van der Waals surface area contributed by atoms with E-state index in [1.54, 1.807) is 6.07 Å². The number of amides is 1. The largest absolute Gasteiger partial charge is 0.364 e. The molecule has 22 heavy (non-hydrogen) atoms. The molecule has 0 radical (unpaired) electrons. The number of nitrogens with two attached hydrogens (primary N) is 1. The third-order valence-electron chi connectivity index (χ3n) is 3.99. The first-order valence-corrected chi connectivity index (χ1v) is 7.56. The van der Waals surface area contributed by atoms with Gasteiger partial charge in [0.25, 0.3) is 0 Å². The molecule has 1 aromatic carbocycles. The van der Waals surface area contributed by atoms with Gasteiger partial charge >= 0.3 is 0 Å². The number of hydrogen-bond donors (Lipinski definition) is 2. The zero-order valence-corrected chi connectivity index (χ0v) is 13.1. The highest BCUT2D eigenvalue weighted by atomic mass is 19.1. The summed E-state index contributed by atoms with van der Waals surface area (Å²) in [5.41, 5.74) is 6.38. The Bertz CT molecular complexity index is 510. The maximum Gasteiger partial charge on any atom is 0.249 e. The monoisotopic (exact) mass is 309 g/mol. The van der Waals surface area contributed by atoms with Crippen LogP contribution in [0, 0.1) is 5.82 Å². The highest BCUT2D eigenvalue weighted by molar-refractivity contribution is 5.81. The fourth-order valence-corrected chi connectivity index (χ4v) is 2.70. The van der Waals surface area contributed by atoms with Crippen LogP contribution in [0.2, 0.25) is 0 Å². The summed E-state index contributed by atoms with van der Waals surface area (Å²) >= 11 is 0. The zero-order valence-electron chi connectivity index (χ0n) is 13.1. The zero-order chi connectivity index (χ0) is 16.1. The highest BCUT2D eigenvalue weighted by Crippen LogP contribution is 2.21. The lowest BCUT2D eigenvalue weighted by molar-refractivity contribution is -0.132. The summed E-state index contributed by atoms with van der Waals surface area (Å²) in [6, 6.07) is 6.35. The lowest BCUT2D eigenvalue weighted by Crippen LogP contribution is -2.40. The van der Waals surface area contributed by atoms with Gasteiger partial charge in [0.15, 0.2) is 0 Å². The van der Waals surface area contributed by atoms with Crippen LogP contribution in [0.3, 0.4) is 0 Å². The van der Waals surface area contributed by atoms with Crippen LogP contribution >= 0.6 is 0 Å². The lowest BCUT2D eigenvalue weighted by atomic mass is 10.1. The van der Waals surface area contributed by atoms with Gasteiger partial charge in [-0.3, -0.25) is 4.79 Å². The summed E-state index contributed by atoms with van der Waals surface area (Å²) < 4.78 is 19.0. The minimum Gasteiger partial charge on any atom is -0.364 e. The molecular weight excluding hydrogens is 285 g/mol. The van der Waals surface area contributed by atoms with Crippen molar-refractivity contribution in [3.05, 3.63) is 35.6 Å². The van der Waals surface area contributed by atoms with Crippen molar-refractivity contribution >= 4 is 5.91 Å². The number of rotatable bonds is 6. The average Bonchev–Trinajstić information content (AvgIpc) is 2.96. The maximum atomic E-state index is 13.4. The molecule has 1 amide bonds. The van der Waals surface area contributed by atoms with Gasteiger partial charge < -0.3 is 20.7 Å². The van der Waals surface area contributed by atoms with E-state index in [9.17, 15) is 9.18 Å². The molecule has 122 valence electrons. The number of carbonyl (C=O) groups is 1. The number of hydrogen-bond acceptors (Lipinski definition) is 4. The van der Waals surface area contributed by atoms with Crippen molar-refractivity contribution in [3.8, 4) is 0 Å². The third-order valence-corrected chi connectivity index (χ3v) is 3.99. The highest BCUT2D eigenvalue weighted by Gasteiger charge is 2.30. The van der Waals surface area contributed by atoms with Gasteiger partial charge in [-0.05, 0) is 44.6 Å². The van der Waals surface area contributed by atoms with Crippen molar-refractivity contribution < 1.29 is 13.9 Å². The van der Waals surface area contributed by atoms with Crippen LogP contribution in [0.15, 0.2) is 24.3 Å². The number of ether oxygens (including phenoxy) is 1. The quantitative estimate of drug-likeness (QED) is 0.824. The second-order valence-electron chi connectivity index (χ2n) is 5.84. The first-order chi connectivity index (χ1) is 10.5. The second-order valence-corrected chi connectivity index (χ2v) is 5.84. The molecule has 1 saturated heterocycles. The fourth-order valence-electron chi connectivity index (χ4n) is 2.70. The summed E-state index contributed by atoms with van der Waals surface area (Å²) in [5.74, 6) is -0.403. The number of carbonyl (C=O) groups excluding carboxylic acids is 1. The minimum absolute atomic E-state index is 0.0244. The van der Waals surface area contributed by atoms with E-state index in [2.05, 4.69) is 5.32 Å². The minimum atomic E-state index is -0.427. The molecule has 2 rings (SSSR count). The van der Waals surface area contributed by atoms with E-state index in [1.165, 1.54) is 12.1 Å². The van der Waals surface area contributed by atoms with Crippen molar-refractivity contribution in [1.29, 1.82) is 0 Å². The molecule has 1 fully saturated rings. The van der Waals surface area contributed by atoms with Crippen LogP contribution in [0.1, 0.15) is 24.4 Å². The van der Waals surface area contributed by atoms with Crippen LogP contribution in [0.25, 0.3) is 0 Å². The molecular formula is C16H24FN3O2. The number of nitrogens with zero attached hydrogens (tertiary/aromatic N) is 1. The molecule has 1 aliphatic rings. The van der Waals surface area contributed by atoms with Gasteiger partial charge in [-0.25, -0.2) is 4.39 Å². The van der Waals surface area contributed by atoms with Crippen LogP contribution < -0.4 is 11.1 Å². The van der Waals surface area contributed by atoms with Gasteiger partial charge in [0.2, 0.25) is 5.91 Å². The Kier molecular flexibility index (Phi) is 5.88. The van der Waals surface area contributed by atoms with Gasteiger partial charge in [0, 0.05) is 13.1 Å².